The lowest BCUT2D eigenvalue weighted by Crippen LogP contribution is -2.10. The molecule has 1 fully saturated rings. The smallest absolute Gasteiger partial charge is 0.334 e. The minimum absolute atomic E-state index is 0.0664. The average molecular weight is 224 g/mol. The summed E-state index contributed by atoms with van der Waals surface area (Å²) in [5.74, 6) is 0.506. The molecule has 1 saturated heterocycles. The van der Waals surface area contributed by atoms with Crippen molar-refractivity contribution in [1.29, 1.82) is 0 Å². The van der Waals surface area contributed by atoms with Gasteiger partial charge in [-0.2, -0.15) is 0 Å². The minimum Gasteiger partial charge on any atom is -0.459 e. The third-order valence-electron chi connectivity index (χ3n) is 2.81. The molecule has 0 saturated carbocycles. The molecule has 0 aliphatic carbocycles. The Morgan fingerprint density at radius 2 is 2.12 bits per heavy atom. The van der Waals surface area contributed by atoms with Crippen LogP contribution in [0.3, 0.4) is 0 Å². The van der Waals surface area contributed by atoms with Crippen molar-refractivity contribution in [3.63, 3.8) is 0 Å². The van der Waals surface area contributed by atoms with Crippen LogP contribution >= 0.6 is 0 Å². The molecule has 1 unspecified atom stereocenters. The van der Waals surface area contributed by atoms with Crippen LogP contribution in [-0.2, 0) is 9.53 Å². The summed E-state index contributed by atoms with van der Waals surface area (Å²) < 4.78 is 5.10. The highest BCUT2D eigenvalue weighted by Gasteiger charge is 2.25. The van der Waals surface area contributed by atoms with Crippen LogP contribution in [-0.4, -0.2) is 12.1 Å². The first kappa shape index (κ1) is 13.3. The second-order valence-electron chi connectivity index (χ2n) is 6.26. The highest BCUT2D eigenvalue weighted by molar-refractivity contribution is 5.90. The van der Waals surface area contributed by atoms with Crippen LogP contribution in [0.15, 0.2) is 11.6 Å². The van der Waals surface area contributed by atoms with E-state index in [1.165, 1.54) is 6.42 Å². The van der Waals surface area contributed by atoms with E-state index in [0.29, 0.717) is 11.3 Å². The lowest BCUT2D eigenvalue weighted by Gasteiger charge is -2.22. The maximum atomic E-state index is 11.4. The lowest BCUT2D eigenvalue weighted by molar-refractivity contribution is -0.138. The molecule has 2 heteroatoms. The molecule has 1 rings (SSSR count). The van der Waals surface area contributed by atoms with E-state index in [1.807, 2.05) is 6.92 Å². The summed E-state index contributed by atoms with van der Waals surface area (Å²) in [6, 6.07) is 0. The first-order chi connectivity index (χ1) is 7.28. The summed E-state index contributed by atoms with van der Waals surface area (Å²) in [5, 5.41) is 0. The Morgan fingerprint density at radius 1 is 1.50 bits per heavy atom. The minimum atomic E-state index is -0.115. The van der Waals surface area contributed by atoms with Gasteiger partial charge in [-0.05, 0) is 31.1 Å². The van der Waals surface area contributed by atoms with Gasteiger partial charge in [-0.3, -0.25) is 0 Å². The standard InChI is InChI=1S/C14H24O2/c1-10(9-14(3,4)5)6-7-12-8-11(2)16-13(12)15/h7,10-11H,6,8-9H2,1-5H3/b12-7-/t10?,11-/m1/s1. The zero-order valence-corrected chi connectivity index (χ0v) is 11.2. The van der Waals surface area contributed by atoms with Crippen molar-refractivity contribution in [2.75, 3.05) is 0 Å². The van der Waals surface area contributed by atoms with E-state index in [-0.39, 0.29) is 12.1 Å². The number of esters is 1. The zero-order chi connectivity index (χ0) is 12.3. The van der Waals surface area contributed by atoms with Crippen molar-refractivity contribution < 1.29 is 9.53 Å². The molecule has 1 aliphatic rings. The third kappa shape index (κ3) is 4.38. The lowest BCUT2D eigenvalue weighted by atomic mass is 9.84. The van der Waals surface area contributed by atoms with Crippen molar-refractivity contribution in [1.82, 2.24) is 0 Å². The number of ether oxygens (including phenoxy) is 1. The number of hydrogen-bond donors (Lipinski definition) is 0. The first-order valence-corrected chi connectivity index (χ1v) is 6.18. The molecule has 0 bridgehead atoms. The molecule has 16 heavy (non-hydrogen) atoms. The van der Waals surface area contributed by atoms with Crippen LogP contribution in [0.1, 0.15) is 53.9 Å². The Kier molecular flexibility index (Phi) is 4.17. The van der Waals surface area contributed by atoms with Crippen molar-refractivity contribution in [2.45, 2.75) is 60.0 Å². The van der Waals surface area contributed by atoms with Gasteiger partial charge in [0.2, 0.25) is 0 Å². The fourth-order valence-corrected chi connectivity index (χ4v) is 2.33. The summed E-state index contributed by atoms with van der Waals surface area (Å²) >= 11 is 0. The number of hydrogen-bond acceptors (Lipinski definition) is 2. The SMILES string of the molecule is CC(C/C=C1/C[C@@H](C)OC1=O)CC(C)(C)C. The normalized spacial score (nSPS) is 25.9. The summed E-state index contributed by atoms with van der Waals surface area (Å²) in [6.45, 7) is 10.9. The molecule has 0 spiro atoms. The molecule has 1 heterocycles. The van der Waals surface area contributed by atoms with E-state index in [2.05, 4.69) is 33.8 Å². The highest BCUT2D eigenvalue weighted by atomic mass is 16.5. The monoisotopic (exact) mass is 224 g/mol. The van der Waals surface area contributed by atoms with E-state index in [1.54, 1.807) is 0 Å². The number of rotatable bonds is 3. The van der Waals surface area contributed by atoms with Crippen LogP contribution in [0.2, 0.25) is 0 Å². The van der Waals surface area contributed by atoms with Crippen LogP contribution in [0.4, 0.5) is 0 Å². The average Bonchev–Trinajstić information content (AvgIpc) is 2.38. The predicted octanol–water partition coefficient (Wildman–Crippen LogP) is 3.71. The molecule has 0 amide bonds. The highest BCUT2D eigenvalue weighted by Crippen LogP contribution is 2.27. The molecule has 0 aromatic carbocycles. The number of carbonyl (C=O) groups excluding carboxylic acids is 1. The van der Waals surface area contributed by atoms with Crippen molar-refractivity contribution >= 4 is 5.97 Å². The van der Waals surface area contributed by atoms with Gasteiger partial charge in [0, 0.05) is 12.0 Å². The van der Waals surface area contributed by atoms with Gasteiger partial charge >= 0.3 is 5.97 Å². The van der Waals surface area contributed by atoms with E-state index < -0.39 is 0 Å². The first-order valence-electron chi connectivity index (χ1n) is 6.18. The quantitative estimate of drug-likeness (QED) is 0.539. The molecular formula is C14H24O2. The molecule has 1 aliphatic heterocycles. The van der Waals surface area contributed by atoms with Gasteiger partial charge in [0.25, 0.3) is 0 Å². The Hall–Kier alpha value is -0.790. The second-order valence-corrected chi connectivity index (χ2v) is 6.26. The van der Waals surface area contributed by atoms with E-state index >= 15 is 0 Å². The Morgan fingerprint density at radius 3 is 2.56 bits per heavy atom. The van der Waals surface area contributed by atoms with Gasteiger partial charge in [-0.25, -0.2) is 4.79 Å². The molecule has 0 N–H and O–H groups in total. The molecule has 2 nitrogen and oxygen atoms in total. The van der Waals surface area contributed by atoms with E-state index in [9.17, 15) is 4.79 Å². The van der Waals surface area contributed by atoms with Crippen LogP contribution in [0.25, 0.3) is 0 Å². The zero-order valence-electron chi connectivity index (χ0n) is 11.2. The fourth-order valence-electron chi connectivity index (χ4n) is 2.33. The second kappa shape index (κ2) is 5.03. The molecule has 0 aromatic heterocycles. The third-order valence-corrected chi connectivity index (χ3v) is 2.81. The maximum Gasteiger partial charge on any atom is 0.334 e. The van der Waals surface area contributed by atoms with Gasteiger partial charge in [-0.15, -0.1) is 0 Å². The van der Waals surface area contributed by atoms with E-state index in [4.69, 9.17) is 4.74 Å². The largest absolute Gasteiger partial charge is 0.459 e. The summed E-state index contributed by atoms with van der Waals surface area (Å²) in [7, 11) is 0. The topological polar surface area (TPSA) is 26.3 Å². The van der Waals surface area contributed by atoms with Crippen molar-refractivity contribution in [3.05, 3.63) is 11.6 Å². The Bertz CT molecular complexity index is 284. The number of allylic oxidation sites excluding steroid dienone is 1. The van der Waals surface area contributed by atoms with Crippen LogP contribution in [0, 0.1) is 11.3 Å². The molecule has 2 atom stereocenters. The van der Waals surface area contributed by atoms with Gasteiger partial charge < -0.3 is 4.74 Å². The molecular weight excluding hydrogens is 200 g/mol. The summed E-state index contributed by atoms with van der Waals surface area (Å²) in [4.78, 5) is 11.4. The van der Waals surface area contributed by atoms with Gasteiger partial charge in [-0.1, -0.05) is 33.8 Å². The van der Waals surface area contributed by atoms with Gasteiger partial charge in [0.05, 0.1) is 0 Å². The van der Waals surface area contributed by atoms with E-state index in [0.717, 1.165) is 18.4 Å². The fraction of sp³-hybridized carbons (Fsp3) is 0.786. The molecule has 0 radical (unpaired) electrons. The van der Waals surface area contributed by atoms with Crippen LogP contribution < -0.4 is 0 Å². The van der Waals surface area contributed by atoms with Crippen molar-refractivity contribution in [2.24, 2.45) is 11.3 Å². The Labute approximate surface area is 99.1 Å². The Balaban J connectivity index is 2.44. The summed E-state index contributed by atoms with van der Waals surface area (Å²) in [5.41, 5.74) is 1.23. The molecule has 92 valence electrons. The predicted molar refractivity (Wildman–Crippen MR) is 66.1 cm³/mol. The molecule has 0 aromatic rings. The number of carbonyl (C=O) groups is 1. The maximum absolute atomic E-state index is 11.4. The van der Waals surface area contributed by atoms with Gasteiger partial charge in [0.15, 0.2) is 0 Å². The van der Waals surface area contributed by atoms with Crippen LogP contribution in [0.5, 0.6) is 0 Å². The van der Waals surface area contributed by atoms with Crippen molar-refractivity contribution in [3.8, 4) is 0 Å². The van der Waals surface area contributed by atoms with Gasteiger partial charge in [0.1, 0.15) is 6.10 Å². The number of cyclic esters (lactones) is 1. The summed E-state index contributed by atoms with van der Waals surface area (Å²) in [6.07, 6.45) is 5.08.